The molecule has 7 heteroatoms. The smallest absolute Gasteiger partial charge is 0.111 e. The third-order valence-corrected chi connectivity index (χ3v) is 1.95. The predicted octanol–water partition coefficient (Wildman–Crippen LogP) is -3.65. The number of aliphatic hydroxyl groups excluding tert-OH is 6. The average molecular weight is 225 g/mol. The highest BCUT2D eigenvalue weighted by Gasteiger charge is 2.29. The second kappa shape index (κ2) is 7.07. The van der Waals surface area contributed by atoms with Crippen molar-refractivity contribution in [1.82, 2.24) is 5.32 Å². The highest BCUT2D eigenvalue weighted by atomic mass is 16.4. The standard InChI is InChI=1S/C8H19NO6/c1-4(11)9-2-5(12)7(14)8(15)6(13)3-10/h4-15H,2-3H2,1H3. The number of rotatable bonds is 7. The predicted molar refractivity (Wildman–Crippen MR) is 50.8 cm³/mol. The molecule has 0 heterocycles. The monoisotopic (exact) mass is 225 g/mol. The van der Waals surface area contributed by atoms with Crippen LogP contribution in [0.15, 0.2) is 0 Å². The molecule has 0 spiro atoms. The summed E-state index contributed by atoms with van der Waals surface area (Å²) < 4.78 is 0. The summed E-state index contributed by atoms with van der Waals surface area (Å²) in [7, 11) is 0. The lowest BCUT2D eigenvalue weighted by Gasteiger charge is -2.26. The Kier molecular flexibility index (Phi) is 6.94. The topological polar surface area (TPSA) is 133 Å². The van der Waals surface area contributed by atoms with E-state index in [-0.39, 0.29) is 6.54 Å². The van der Waals surface area contributed by atoms with Gasteiger partial charge >= 0.3 is 0 Å². The molecule has 0 aromatic carbocycles. The van der Waals surface area contributed by atoms with Gasteiger partial charge in [0.2, 0.25) is 0 Å². The van der Waals surface area contributed by atoms with Gasteiger partial charge in [-0.3, -0.25) is 5.32 Å². The summed E-state index contributed by atoms with van der Waals surface area (Å²) in [5.74, 6) is 0. The van der Waals surface area contributed by atoms with Crippen molar-refractivity contribution in [3.63, 3.8) is 0 Å². The molecule has 7 nitrogen and oxygen atoms in total. The van der Waals surface area contributed by atoms with Gasteiger partial charge in [-0.05, 0) is 6.92 Å². The maximum Gasteiger partial charge on any atom is 0.111 e. The van der Waals surface area contributed by atoms with Crippen LogP contribution in [-0.4, -0.2) is 74.4 Å². The molecular formula is C8H19NO6. The van der Waals surface area contributed by atoms with Gasteiger partial charge in [-0.1, -0.05) is 0 Å². The minimum absolute atomic E-state index is 0.145. The van der Waals surface area contributed by atoms with E-state index in [1.807, 2.05) is 0 Å². The van der Waals surface area contributed by atoms with E-state index in [9.17, 15) is 15.3 Å². The van der Waals surface area contributed by atoms with Crippen LogP contribution in [0.1, 0.15) is 6.92 Å². The van der Waals surface area contributed by atoms with Gasteiger partial charge in [-0.25, -0.2) is 0 Å². The molecule has 0 bridgehead atoms. The van der Waals surface area contributed by atoms with Crippen LogP contribution in [0.2, 0.25) is 0 Å². The second-order valence-corrected chi connectivity index (χ2v) is 3.38. The zero-order valence-corrected chi connectivity index (χ0v) is 8.48. The van der Waals surface area contributed by atoms with E-state index in [4.69, 9.17) is 15.3 Å². The van der Waals surface area contributed by atoms with E-state index < -0.39 is 37.3 Å². The first-order valence-electron chi connectivity index (χ1n) is 4.64. The molecule has 0 rings (SSSR count). The van der Waals surface area contributed by atoms with Crippen LogP contribution < -0.4 is 5.32 Å². The first kappa shape index (κ1) is 14.7. The number of aliphatic hydroxyl groups is 6. The van der Waals surface area contributed by atoms with E-state index in [1.165, 1.54) is 6.92 Å². The third-order valence-electron chi connectivity index (χ3n) is 1.95. The zero-order valence-electron chi connectivity index (χ0n) is 8.48. The fraction of sp³-hybridized carbons (Fsp3) is 1.00. The Labute approximate surface area is 87.6 Å². The highest BCUT2D eigenvalue weighted by Crippen LogP contribution is 2.04. The van der Waals surface area contributed by atoms with Crippen molar-refractivity contribution in [1.29, 1.82) is 0 Å². The molecular weight excluding hydrogens is 206 g/mol. The molecule has 0 aliphatic rings. The molecule has 0 aromatic heterocycles. The second-order valence-electron chi connectivity index (χ2n) is 3.38. The normalized spacial score (nSPS) is 21.8. The van der Waals surface area contributed by atoms with E-state index in [1.54, 1.807) is 0 Å². The quantitative estimate of drug-likeness (QED) is 0.222. The summed E-state index contributed by atoms with van der Waals surface area (Å²) in [6, 6.07) is 0. The molecule has 15 heavy (non-hydrogen) atoms. The lowest BCUT2D eigenvalue weighted by molar-refractivity contribution is -0.115. The van der Waals surface area contributed by atoms with Gasteiger partial charge in [-0.2, -0.15) is 0 Å². The van der Waals surface area contributed by atoms with E-state index in [0.717, 1.165) is 0 Å². The molecule has 0 amide bonds. The summed E-state index contributed by atoms with van der Waals surface area (Å²) in [5.41, 5.74) is 0. The van der Waals surface area contributed by atoms with Gasteiger partial charge < -0.3 is 30.6 Å². The lowest BCUT2D eigenvalue weighted by Crippen LogP contribution is -2.49. The maximum absolute atomic E-state index is 9.31. The molecule has 5 atom stereocenters. The zero-order chi connectivity index (χ0) is 12.0. The van der Waals surface area contributed by atoms with Crippen LogP contribution >= 0.6 is 0 Å². The molecule has 0 fully saturated rings. The Morgan fingerprint density at radius 2 is 1.40 bits per heavy atom. The van der Waals surface area contributed by atoms with Crippen LogP contribution in [0.4, 0.5) is 0 Å². The molecule has 92 valence electrons. The number of nitrogens with one attached hydrogen (secondary N) is 1. The molecule has 5 unspecified atom stereocenters. The van der Waals surface area contributed by atoms with E-state index in [0.29, 0.717) is 0 Å². The first-order valence-corrected chi connectivity index (χ1v) is 4.64. The fourth-order valence-corrected chi connectivity index (χ4v) is 0.975. The molecule has 0 aromatic rings. The van der Waals surface area contributed by atoms with Gasteiger partial charge in [0.15, 0.2) is 0 Å². The fourth-order valence-electron chi connectivity index (χ4n) is 0.975. The summed E-state index contributed by atoms with van der Waals surface area (Å²) >= 11 is 0. The summed E-state index contributed by atoms with van der Waals surface area (Å²) in [5, 5.41) is 56.6. The number of hydrogen-bond acceptors (Lipinski definition) is 7. The Hall–Kier alpha value is -0.280. The van der Waals surface area contributed by atoms with Crippen LogP contribution in [0.3, 0.4) is 0 Å². The minimum Gasteiger partial charge on any atom is -0.394 e. The van der Waals surface area contributed by atoms with E-state index >= 15 is 0 Å². The van der Waals surface area contributed by atoms with Crippen molar-refractivity contribution < 1.29 is 30.6 Å². The number of hydrogen-bond donors (Lipinski definition) is 7. The van der Waals surface area contributed by atoms with Crippen LogP contribution in [-0.2, 0) is 0 Å². The molecule has 0 saturated carbocycles. The Bertz CT molecular complexity index is 167. The van der Waals surface area contributed by atoms with Gasteiger partial charge in [0, 0.05) is 6.54 Å². The molecule has 0 radical (unpaired) electrons. The summed E-state index contributed by atoms with van der Waals surface area (Å²) in [6.07, 6.45) is -6.96. The van der Waals surface area contributed by atoms with Gasteiger partial charge in [0.1, 0.15) is 24.5 Å². The summed E-state index contributed by atoms with van der Waals surface area (Å²) in [4.78, 5) is 0. The highest BCUT2D eigenvalue weighted by molar-refractivity contribution is 4.81. The van der Waals surface area contributed by atoms with Gasteiger partial charge in [0.25, 0.3) is 0 Å². The first-order chi connectivity index (χ1) is 6.90. The van der Waals surface area contributed by atoms with E-state index in [2.05, 4.69) is 5.32 Å². The van der Waals surface area contributed by atoms with Crippen molar-refractivity contribution in [2.45, 2.75) is 37.6 Å². The van der Waals surface area contributed by atoms with Crippen molar-refractivity contribution in [3.8, 4) is 0 Å². The third kappa shape index (κ3) is 5.38. The van der Waals surface area contributed by atoms with Crippen LogP contribution in [0, 0.1) is 0 Å². The van der Waals surface area contributed by atoms with Crippen molar-refractivity contribution >= 4 is 0 Å². The van der Waals surface area contributed by atoms with Crippen LogP contribution in [0.25, 0.3) is 0 Å². The average Bonchev–Trinajstić information content (AvgIpc) is 2.22. The SMILES string of the molecule is CC(O)NCC(O)C(O)C(O)C(O)CO. The Balaban J connectivity index is 4.01. The largest absolute Gasteiger partial charge is 0.394 e. The van der Waals surface area contributed by atoms with Gasteiger partial charge in [0.05, 0.1) is 12.7 Å². The summed E-state index contributed by atoms with van der Waals surface area (Å²) in [6.45, 7) is 0.570. The molecule has 0 aliphatic heterocycles. The molecule has 7 N–H and O–H groups in total. The van der Waals surface area contributed by atoms with Crippen molar-refractivity contribution in [3.05, 3.63) is 0 Å². The minimum atomic E-state index is -1.64. The van der Waals surface area contributed by atoms with Crippen molar-refractivity contribution in [2.24, 2.45) is 0 Å². The van der Waals surface area contributed by atoms with Crippen LogP contribution in [0.5, 0.6) is 0 Å². The van der Waals surface area contributed by atoms with Crippen molar-refractivity contribution in [2.75, 3.05) is 13.2 Å². The Morgan fingerprint density at radius 3 is 1.80 bits per heavy atom. The maximum atomic E-state index is 9.31. The van der Waals surface area contributed by atoms with Gasteiger partial charge in [-0.15, -0.1) is 0 Å². The Morgan fingerprint density at radius 1 is 0.933 bits per heavy atom. The molecule has 0 saturated heterocycles. The lowest BCUT2D eigenvalue weighted by atomic mass is 10.0. The molecule has 0 aliphatic carbocycles.